The summed E-state index contributed by atoms with van der Waals surface area (Å²) in [4.78, 5) is 0. The minimum Gasteiger partial charge on any atom is -0.508 e. The number of halogens is 2. The third kappa shape index (κ3) is 4.01. The van der Waals surface area contributed by atoms with Crippen LogP contribution >= 0.6 is 15.9 Å². The molecule has 0 amide bonds. The van der Waals surface area contributed by atoms with Gasteiger partial charge in [0.15, 0.2) is 0 Å². The number of aromatic hydroxyl groups is 1. The Labute approximate surface area is 125 Å². The second kappa shape index (κ2) is 6.97. The van der Waals surface area contributed by atoms with Gasteiger partial charge in [-0.3, -0.25) is 0 Å². The molecule has 0 bridgehead atoms. The summed E-state index contributed by atoms with van der Waals surface area (Å²) in [5, 5.41) is 9.18. The van der Waals surface area contributed by atoms with Crippen LogP contribution in [0.25, 0.3) is 0 Å². The van der Waals surface area contributed by atoms with E-state index in [2.05, 4.69) is 27.8 Å². The lowest BCUT2D eigenvalue weighted by Crippen LogP contribution is -1.99. The summed E-state index contributed by atoms with van der Waals surface area (Å²) in [6.45, 7) is -0.480. The molecule has 0 saturated carbocycles. The van der Waals surface area contributed by atoms with Crippen LogP contribution in [0.15, 0.2) is 46.9 Å². The molecule has 0 radical (unpaired) electrons. The van der Waals surface area contributed by atoms with Crippen molar-refractivity contribution in [3.05, 3.63) is 58.1 Å². The van der Waals surface area contributed by atoms with Crippen LogP contribution in [0.2, 0.25) is 0 Å². The molecule has 0 aliphatic carbocycles. The van der Waals surface area contributed by atoms with Gasteiger partial charge >= 0.3 is 0 Å². The van der Waals surface area contributed by atoms with Gasteiger partial charge in [-0.2, -0.15) is 0 Å². The van der Waals surface area contributed by atoms with E-state index in [4.69, 9.17) is 4.74 Å². The first-order valence-electron chi connectivity index (χ1n) is 5.98. The molecule has 0 saturated heterocycles. The average molecular weight is 335 g/mol. The zero-order chi connectivity index (χ0) is 14.4. The minimum absolute atomic E-state index is 0.0388. The number of rotatable bonds is 3. The fourth-order valence-electron chi connectivity index (χ4n) is 1.53. The molecule has 0 unspecified atom stereocenters. The fraction of sp³-hybridized carbons (Fsp3) is 0.125. The van der Waals surface area contributed by atoms with E-state index in [0.29, 0.717) is 5.75 Å². The number of hydrogen-bond donors (Lipinski definition) is 1. The molecule has 2 aromatic carbocycles. The van der Waals surface area contributed by atoms with Crippen LogP contribution in [-0.2, 0) is 0 Å². The molecule has 2 aromatic rings. The Morgan fingerprint density at radius 3 is 2.35 bits per heavy atom. The quantitative estimate of drug-likeness (QED) is 0.862. The molecule has 0 spiro atoms. The lowest BCUT2D eigenvalue weighted by Gasteiger charge is -2.05. The van der Waals surface area contributed by atoms with E-state index in [0.717, 1.165) is 15.6 Å². The van der Waals surface area contributed by atoms with Crippen molar-refractivity contribution in [3.8, 4) is 23.3 Å². The number of phenolic OH excluding ortho intramolecular Hbond substituents is 1. The Balaban J connectivity index is 2.14. The van der Waals surface area contributed by atoms with Crippen LogP contribution in [0.5, 0.6) is 11.5 Å². The molecule has 0 aromatic heterocycles. The first-order valence-corrected chi connectivity index (χ1v) is 6.78. The Morgan fingerprint density at radius 2 is 1.70 bits per heavy atom. The summed E-state index contributed by atoms with van der Waals surface area (Å²) < 4.78 is 18.0. The van der Waals surface area contributed by atoms with Crippen molar-refractivity contribution < 1.29 is 14.2 Å². The first-order chi connectivity index (χ1) is 9.69. The number of benzene rings is 2. The van der Waals surface area contributed by atoms with Gasteiger partial charge < -0.3 is 9.84 Å². The third-order valence-electron chi connectivity index (χ3n) is 2.49. The highest BCUT2D eigenvalue weighted by Crippen LogP contribution is 2.25. The predicted octanol–water partition coefficient (Wildman–Crippen LogP) is 3.90. The molecule has 102 valence electrons. The van der Waals surface area contributed by atoms with Crippen molar-refractivity contribution in [2.75, 3.05) is 13.3 Å². The van der Waals surface area contributed by atoms with E-state index < -0.39 is 6.67 Å². The minimum atomic E-state index is -0.519. The molecular formula is C16H12BrFO2. The zero-order valence-corrected chi connectivity index (χ0v) is 12.2. The van der Waals surface area contributed by atoms with Gasteiger partial charge in [0.1, 0.15) is 24.8 Å². The zero-order valence-electron chi connectivity index (χ0n) is 10.6. The van der Waals surface area contributed by atoms with Crippen molar-refractivity contribution in [1.29, 1.82) is 0 Å². The van der Waals surface area contributed by atoms with E-state index >= 15 is 0 Å². The number of hydrogen-bond acceptors (Lipinski definition) is 2. The van der Waals surface area contributed by atoms with E-state index in [1.54, 1.807) is 30.3 Å². The summed E-state index contributed by atoms with van der Waals surface area (Å²) in [5.74, 6) is 6.82. The van der Waals surface area contributed by atoms with E-state index in [1.807, 2.05) is 12.1 Å². The van der Waals surface area contributed by atoms with Gasteiger partial charge in [0, 0.05) is 11.1 Å². The SMILES string of the molecule is Oc1ccc(C#Cc2ccc(OCCF)c(Br)c2)cc1. The Bertz CT molecular complexity index is 642. The van der Waals surface area contributed by atoms with Crippen LogP contribution in [0, 0.1) is 11.8 Å². The molecule has 1 N–H and O–H groups in total. The standard InChI is InChI=1S/C16H12BrFO2/c17-15-11-13(5-8-16(15)20-10-9-18)2-1-12-3-6-14(19)7-4-12/h3-8,11,19H,9-10H2. The maximum Gasteiger partial charge on any atom is 0.133 e. The molecule has 4 heteroatoms. The second-order valence-corrected chi connectivity index (χ2v) is 4.83. The monoisotopic (exact) mass is 334 g/mol. The van der Waals surface area contributed by atoms with E-state index in [1.165, 1.54) is 0 Å². The van der Waals surface area contributed by atoms with E-state index in [-0.39, 0.29) is 12.4 Å². The number of ether oxygens (including phenoxy) is 1. The molecule has 2 nitrogen and oxygen atoms in total. The van der Waals surface area contributed by atoms with Crippen molar-refractivity contribution in [1.82, 2.24) is 0 Å². The predicted molar refractivity (Wildman–Crippen MR) is 79.7 cm³/mol. The smallest absolute Gasteiger partial charge is 0.133 e. The maximum absolute atomic E-state index is 12.0. The Hall–Kier alpha value is -1.99. The lowest BCUT2D eigenvalue weighted by atomic mass is 10.2. The highest BCUT2D eigenvalue weighted by atomic mass is 79.9. The van der Waals surface area contributed by atoms with Crippen molar-refractivity contribution in [2.24, 2.45) is 0 Å². The topological polar surface area (TPSA) is 29.5 Å². The summed E-state index contributed by atoms with van der Waals surface area (Å²) in [6.07, 6.45) is 0. The molecular weight excluding hydrogens is 323 g/mol. The largest absolute Gasteiger partial charge is 0.508 e. The Morgan fingerprint density at radius 1 is 1.05 bits per heavy atom. The lowest BCUT2D eigenvalue weighted by molar-refractivity contribution is 0.272. The number of phenols is 1. The normalized spacial score (nSPS) is 9.70. The summed E-state index contributed by atoms with van der Waals surface area (Å²) in [6, 6.07) is 12.1. The molecule has 0 aliphatic rings. The Kier molecular flexibility index (Phi) is 5.03. The second-order valence-electron chi connectivity index (χ2n) is 3.98. The van der Waals surface area contributed by atoms with Gasteiger partial charge in [0.05, 0.1) is 4.47 Å². The first kappa shape index (κ1) is 14.4. The van der Waals surface area contributed by atoms with Crippen LogP contribution in [0.3, 0.4) is 0 Å². The molecule has 0 atom stereocenters. The average Bonchev–Trinajstić information content (AvgIpc) is 2.46. The van der Waals surface area contributed by atoms with Crippen LogP contribution in [0.1, 0.15) is 11.1 Å². The van der Waals surface area contributed by atoms with Crippen molar-refractivity contribution in [2.45, 2.75) is 0 Å². The number of alkyl halides is 1. The van der Waals surface area contributed by atoms with Gasteiger partial charge in [-0.1, -0.05) is 11.8 Å². The van der Waals surface area contributed by atoms with E-state index in [9.17, 15) is 9.50 Å². The van der Waals surface area contributed by atoms with Gasteiger partial charge in [0.2, 0.25) is 0 Å². The highest BCUT2D eigenvalue weighted by molar-refractivity contribution is 9.10. The van der Waals surface area contributed by atoms with Crippen LogP contribution in [0.4, 0.5) is 4.39 Å². The maximum atomic E-state index is 12.0. The highest BCUT2D eigenvalue weighted by Gasteiger charge is 2.01. The van der Waals surface area contributed by atoms with Gasteiger partial charge in [-0.15, -0.1) is 0 Å². The van der Waals surface area contributed by atoms with Crippen LogP contribution < -0.4 is 4.74 Å². The van der Waals surface area contributed by atoms with Crippen molar-refractivity contribution in [3.63, 3.8) is 0 Å². The summed E-state index contributed by atoms with van der Waals surface area (Å²) in [7, 11) is 0. The van der Waals surface area contributed by atoms with Crippen molar-refractivity contribution >= 4 is 15.9 Å². The van der Waals surface area contributed by atoms with Gasteiger partial charge in [-0.05, 0) is 58.4 Å². The summed E-state index contributed by atoms with van der Waals surface area (Å²) in [5.41, 5.74) is 1.63. The fourth-order valence-corrected chi connectivity index (χ4v) is 2.03. The molecule has 0 fully saturated rings. The molecule has 2 rings (SSSR count). The van der Waals surface area contributed by atoms with Gasteiger partial charge in [0.25, 0.3) is 0 Å². The molecule has 20 heavy (non-hydrogen) atoms. The molecule has 0 heterocycles. The molecule has 0 aliphatic heterocycles. The third-order valence-corrected chi connectivity index (χ3v) is 3.10. The van der Waals surface area contributed by atoms with Gasteiger partial charge in [-0.25, -0.2) is 4.39 Å². The summed E-state index contributed by atoms with van der Waals surface area (Å²) >= 11 is 3.36. The van der Waals surface area contributed by atoms with Crippen LogP contribution in [-0.4, -0.2) is 18.4 Å².